The molecule has 2 heterocycles. The number of pyridine rings is 1. The summed E-state index contributed by atoms with van der Waals surface area (Å²) < 4.78 is 5.44. The molecule has 1 saturated heterocycles. The number of guanidine groups is 1. The van der Waals surface area contributed by atoms with Crippen LogP contribution in [0.4, 0.5) is 5.69 Å². The van der Waals surface area contributed by atoms with Crippen LogP contribution in [0.2, 0.25) is 0 Å². The normalized spacial score (nSPS) is 14.9. The number of piperazine rings is 1. The molecule has 1 aliphatic heterocycles. The molecule has 8 heteroatoms. The summed E-state index contributed by atoms with van der Waals surface area (Å²) in [4.78, 5) is 8.86. The third-order valence-corrected chi connectivity index (χ3v) is 5.72. The van der Waals surface area contributed by atoms with Crippen LogP contribution in [0.3, 0.4) is 0 Å². The molecule has 1 aromatic heterocycles. The van der Waals surface area contributed by atoms with Crippen LogP contribution in [0.15, 0.2) is 41.6 Å². The number of nitrogen functional groups attached to an aromatic ring is 1. The van der Waals surface area contributed by atoms with Crippen LogP contribution >= 0.6 is 11.8 Å². The van der Waals surface area contributed by atoms with E-state index < -0.39 is 0 Å². The fourth-order valence-corrected chi connectivity index (χ4v) is 4.09. The quantitative estimate of drug-likeness (QED) is 0.302. The number of nitrogens with two attached hydrogens (primary N) is 2. The highest BCUT2D eigenvalue weighted by Gasteiger charge is 2.19. The van der Waals surface area contributed by atoms with Gasteiger partial charge >= 0.3 is 0 Å². The van der Waals surface area contributed by atoms with E-state index in [-0.39, 0.29) is 5.96 Å². The van der Waals surface area contributed by atoms with Crippen molar-refractivity contribution < 1.29 is 4.74 Å². The highest BCUT2D eigenvalue weighted by atomic mass is 32.2. The smallest absolute Gasteiger partial charge is 0.188 e. The molecule has 0 aliphatic carbocycles. The highest BCUT2D eigenvalue weighted by molar-refractivity contribution is 7.98. The van der Waals surface area contributed by atoms with E-state index in [2.05, 4.69) is 16.0 Å². The molecule has 3 rings (SSSR count). The predicted molar refractivity (Wildman–Crippen MR) is 110 cm³/mol. The number of rotatable bonds is 6. The number of hydrogen-bond acceptors (Lipinski definition) is 6. The summed E-state index contributed by atoms with van der Waals surface area (Å²) in [5.74, 6) is 1.74. The summed E-state index contributed by atoms with van der Waals surface area (Å²) in [5, 5.41) is 8.57. The standard InChI is InChI=1S/C19H26N6OS/c1-26-17-5-4-16(20)11-15(17)13-27-18-14(3-2-6-23-18)12-24-7-9-25(10-8-24)19(21)22/h2-6,11H,7-10,12-13,20H2,1H3,(H3,21,22). The Morgan fingerprint density at radius 3 is 2.70 bits per heavy atom. The minimum atomic E-state index is 0.156. The first-order valence-corrected chi connectivity index (χ1v) is 9.86. The van der Waals surface area contributed by atoms with Gasteiger partial charge in [0.15, 0.2) is 5.96 Å². The fourth-order valence-electron chi connectivity index (χ4n) is 3.12. The van der Waals surface area contributed by atoms with E-state index in [1.54, 1.807) is 18.9 Å². The molecule has 2 aromatic rings. The SMILES string of the molecule is COc1ccc(N)cc1CSc1ncccc1CN1CCN(C(=N)N)CC1. The van der Waals surface area contributed by atoms with Crippen molar-refractivity contribution in [2.24, 2.45) is 5.73 Å². The molecule has 5 N–H and O–H groups in total. The average Bonchev–Trinajstić information content (AvgIpc) is 2.68. The molecule has 0 spiro atoms. The first kappa shape index (κ1) is 19.3. The summed E-state index contributed by atoms with van der Waals surface area (Å²) >= 11 is 1.69. The summed E-state index contributed by atoms with van der Waals surface area (Å²) in [5.41, 5.74) is 14.5. The van der Waals surface area contributed by atoms with Gasteiger partial charge in [0, 0.05) is 55.9 Å². The number of aromatic nitrogens is 1. The maximum absolute atomic E-state index is 7.55. The molecule has 0 amide bonds. The summed E-state index contributed by atoms with van der Waals surface area (Å²) in [6, 6.07) is 9.81. The van der Waals surface area contributed by atoms with E-state index in [0.29, 0.717) is 0 Å². The van der Waals surface area contributed by atoms with Gasteiger partial charge in [-0.15, -0.1) is 11.8 Å². The van der Waals surface area contributed by atoms with Gasteiger partial charge < -0.3 is 21.1 Å². The number of hydrogen-bond donors (Lipinski definition) is 3. The zero-order valence-corrected chi connectivity index (χ0v) is 16.3. The van der Waals surface area contributed by atoms with Crippen LogP contribution in [0.1, 0.15) is 11.1 Å². The lowest BCUT2D eigenvalue weighted by atomic mass is 10.2. The van der Waals surface area contributed by atoms with E-state index in [1.807, 2.05) is 35.4 Å². The second kappa shape index (κ2) is 8.96. The van der Waals surface area contributed by atoms with E-state index >= 15 is 0 Å². The highest BCUT2D eigenvalue weighted by Crippen LogP contribution is 2.30. The molecule has 0 radical (unpaired) electrons. The number of ether oxygens (including phenoxy) is 1. The zero-order valence-electron chi connectivity index (χ0n) is 15.5. The molecule has 1 aromatic carbocycles. The number of nitrogens with zero attached hydrogens (tertiary/aromatic N) is 3. The molecule has 0 unspecified atom stereocenters. The molecule has 0 bridgehead atoms. The second-order valence-electron chi connectivity index (χ2n) is 6.48. The van der Waals surface area contributed by atoms with E-state index in [9.17, 15) is 0 Å². The van der Waals surface area contributed by atoms with Gasteiger partial charge in [-0.05, 0) is 29.8 Å². The molecule has 0 saturated carbocycles. The van der Waals surface area contributed by atoms with E-state index in [0.717, 1.165) is 60.5 Å². The second-order valence-corrected chi connectivity index (χ2v) is 7.44. The number of thioether (sulfide) groups is 1. The van der Waals surface area contributed by atoms with Crippen LogP contribution < -0.4 is 16.2 Å². The fraction of sp³-hybridized carbons (Fsp3) is 0.368. The van der Waals surface area contributed by atoms with Gasteiger partial charge in [0.2, 0.25) is 0 Å². The van der Waals surface area contributed by atoms with Gasteiger partial charge in [-0.25, -0.2) is 4.98 Å². The molecule has 1 aliphatic rings. The van der Waals surface area contributed by atoms with Crippen LogP contribution in [-0.4, -0.2) is 54.0 Å². The van der Waals surface area contributed by atoms with Crippen LogP contribution in [0.5, 0.6) is 5.75 Å². The first-order valence-electron chi connectivity index (χ1n) is 8.87. The monoisotopic (exact) mass is 386 g/mol. The van der Waals surface area contributed by atoms with Gasteiger partial charge in [0.25, 0.3) is 0 Å². The Bertz CT molecular complexity index is 792. The Morgan fingerprint density at radius 1 is 1.22 bits per heavy atom. The van der Waals surface area contributed by atoms with Crippen molar-refractivity contribution in [1.29, 1.82) is 5.41 Å². The Morgan fingerprint density at radius 2 is 2.00 bits per heavy atom. The Labute approximate surface area is 164 Å². The molecule has 0 atom stereocenters. The summed E-state index contributed by atoms with van der Waals surface area (Å²) in [6.07, 6.45) is 1.83. The molecule has 144 valence electrons. The van der Waals surface area contributed by atoms with Crippen molar-refractivity contribution in [3.63, 3.8) is 0 Å². The van der Waals surface area contributed by atoms with Gasteiger partial charge in [-0.3, -0.25) is 10.3 Å². The van der Waals surface area contributed by atoms with Crippen molar-refractivity contribution in [1.82, 2.24) is 14.8 Å². The van der Waals surface area contributed by atoms with Crippen LogP contribution in [-0.2, 0) is 12.3 Å². The Hall–Kier alpha value is -2.45. The lowest BCUT2D eigenvalue weighted by molar-refractivity contribution is 0.172. The summed E-state index contributed by atoms with van der Waals surface area (Å²) in [7, 11) is 1.67. The van der Waals surface area contributed by atoms with Crippen LogP contribution in [0.25, 0.3) is 0 Å². The molecular weight excluding hydrogens is 360 g/mol. The largest absolute Gasteiger partial charge is 0.496 e. The predicted octanol–water partition coefficient (Wildman–Crippen LogP) is 1.98. The van der Waals surface area contributed by atoms with Crippen molar-refractivity contribution in [3.05, 3.63) is 47.7 Å². The third-order valence-electron chi connectivity index (χ3n) is 4.63. The lowest BCUT2D eigenvalue weighted by Crippen LogP contribution is -2.50. The average molecular weight is 387 g/mol. The van der Waals surface area contributed by atoms with Crippen molar-refractivity contribution in [2.45, 2.75) is 17.3 Å². The number of anilines is 1. The van der Waals surface area contributed by atoms with E-state index in [4.69, 9.17) is 21.6 Å². The lowest BCUT2D eigenvalue weighted by Gasteiger charge is -2.35. The van der Waals surface area contributed by atoms with Crippen molar-refractivity contribution in [2.75, 3.05) is 39.0 Å². The summed E-state index contributed by atoms with van der Waals surface area (Å²) in [6.45, 7) is 4.20. The number of methoxy groups -OCH3 is 1. The van der Waals surface area contributed by atoms with Gasteiger partial charge in [0.1, 0.15) is 10.8 Å². The van der Waals surface area contributed by atoms with Crippen LogP contribution in [0, 0.1) is 5.41 Å². The number of nitrogens with one attached hydrogen (secondary N) is 1. The maximum atomic E-state index is 7.55. The molecular formula is C19H26N6OS. The van der Waals surface area contributed by atoms with Gasteiger partial charge in [-0.2, -0.15) is 0 Å². The molecule has 27 heavy (non-hydrogen) atoms. The van der Waals surface area contributed by atoms with E-state index in [1.165, 1.54) is 5.56 Å². The minimum absolute atomic E-state index is 0.156. The van der Waals surface area contributed by atoms with Crippen molar-refractivity contribution >= 4 is 23.4 Å². The minimum Gasteiger partial charge on any atom is -0.496 e. The number of benzene rings is 1. The topological polar surface area (TPSA) is 104 Å². The van der Waals surface area contributed by atoms with Gasteiger partial charge in [-0.1, -0.05) is 6.07 Å². The first-order chi connectivity index (χ1) is 13.1. The zero-order chi connectivity index (χ0) is 19.2. The Kier molecular flexibility index (Phi) is 6.41. The third kappa shape index (κ3) is 5.05. The molecule has 1 fully saturated rings. The van der Waals surface area contributed by atoms with Gasteiger partial charge in [0.05, 0.1) is 7.11 Å². The molecule has 7 nitrogen and oxygen atoms in total. The Balaban J connectivity index is 1.65. The van der Waals surface area contributed by atoms with Crippen molar-refractivity contribution in [3.8, 4) is 5.75 Å². The maximum Gasteiger partial charge on any atom is 0.188 e.